The Morgan fingerprint density at radius 3 is 2.23 bits per heavy atom. The molecule has 1 heterocycles. The van der Waals surface area contributed by atoms with Crippen LogP contribution < -0.4 is 18.9 Å². The average Bonchev–Trinajstić information content (AvgIpc) is 2.90. The van der Waals surface area contributed by atoms with E-state index in [1.54, 1.807) is 14.2 Å². The fourth-order valence-corrected chi connectivity index (χ4v) is 4.38. The summed E-state index contributed by atoms with van der Waals surface area (Å²) in [4.78, 5) is 15.1. The van der Waals surface area contributed by atoms with E-state index in [0.717, 1.165) is 16.9 Å². The summed E-state index contributed by atoms with van der Waals surface area (Å²) in [6.45, 7) is 5.18. The molecule has 0 aromatic heterocycles. The Balaban J connectivity index is 1.58. The van der Waals surface area contributed by atoms with E-state index in [1.165, 1.54) is 5.56 Å². The summed E-state index contributed by atoms with van der Waals surface area (Å²) in [6, 6.07) is 21.2. The van der Waals surface area contributed by atoms with Crippen molar-refractivity contribution in [2.24, 2.45) is 0 Å². The maximum atomic E-state index is 13.3. The molecule has 1 aliphatic heterocycles. The van der Waals surface area contributed by atoms with Crippen molar-refractivity contribution in [3.63, 3.8) is 0 Å². The SMILES string of the molecule is COc1cc2c(cc1OC)[C@@H](COc1ccc(C(C)C)cc1)N(C(=O)COc1ccccc1)CC2. The maximum absolute atomic E-state index is 13.3. The lowest BCUT2D eigenvalue weighted by molar-refractivity contribution is -0.137. The standard InChI is InChI=1S/C29H33NO5/c1-20(2)21-10-12-24(13-11-21)34-18-26-25-17-28(33-4)27(32-3)16-22(25)14-15-30(26)29(31)19-35-23-8-6-5-7-9-23/h5-13,16-17,20,26H,14-15,18-19H2,1-4H3/t26-/m1/s1. The lowest BCUT2D eigenvalue weighted by Gasteiger charge is -2.37. The molecule has 1 aliphatic rings. The summed E-state index contributed by atoms with van der Waals surface area (Å²) in [7, 11) is 3.25. The largest absolute Gasteiger partial charge is 0.493 e. The molecule has 4 rings (SSSR count). The lowest BCUT2D eigenvalue weighted by Crippen LogP contribution is -2.44. The van der Waals surface area contributed by atoms with Gasteiger partial charge >= 0.3 is 0 Å². The summed E-state index contributed by atoms with van der Waals surface area (Å²) in [5.74, 6) is 3.12. The third-order valence-corrected chi connectivity index (χ3v) is 6.38. The molecule has 0 aliphatic carbocycles. The van der Waals surface area contributed by atoms with Crippen molar-refractivity contribution < 1.29 is 23.7 Å². The van der Waals surface area contributed by atoms with Gasteiger partial charge < -0.3 is 23.8 Å². The van der Waals surface area contributed by atoms with E-state index in [1.807, 2.05) is 59.5 Å². The first-order valence-corrected chi connectivity index (χ1v) is 11.9. The van der Waals surface area contributed by atoms with Gasteiger partial charge in [-0.2, -0.15) is 0 Å². The first-order chi connectivity index (χ1) is 17.0. The minimum atomic E-state index is -0.282. The number of benzene rings is 3. The van der Waals surface area contributed by atoms with Crippen LogP contribution in [0.15, 0.2) is 66.7 Å². The highest BCUT2D eigenvalue weighted by Crippen LogP contribution is 2.38. The number of methoxy groups -OCH3 is 2. The van der Waals surface area contributed by atoms with Crippen LogP contribution in [-0.4, -0.2) is 44.8 Å². The van der Waals surface area contributed by atoms with Crippen molar-refractivity contribution in [2.45, 2.75) is 32.2 Å². The van der Waals surface area contributed by atoms with E-state index >= 15 is 0 Å². The average molecular weight is 476 g/mol. The van der Waals surface area contributed by atoms with E-state index in [0.29, 0.717) is 42.7 Å². The van der Waals surface area contributed by atoms with Gasteiger partial charge in [0, 0.05) is 6.54 Å². The Hall–Kier alpha value is -3.67. The van der Waals surface area contributed by atoms with Gasteiger partial charge in [0.15, 0.2) is 18.1 Å². The molecular weight excluding hydrogens is 442 g/mol. The quantitative estimate of drug-likeness (QED) is 0.414. The van der Waals surface area contributed by atoms with E-state index in [9.17, 15) is 4.79 Å². The highest BCUT2D eigenvalue weighted by molar-refractivity contribution is 5.79. The third-order valence-electron chi connectivity index (χ3n) is 6.38. The Morgan fingerprint density at radius 2 is 1.57 bits per heavy atom. The fraction of sp³-hybridized carbons (Fsp3) is 0.345. The smallest absolute Gasteiger partial charge is 0.261 e. The van der Waals surface area contributed by atoms with Crippen LogP contribution in [0.1, 0.15) is 42.5 Å². The van der Waals surface area contributed by atoms with Gasteiger partial charge in [-0.25, -0.2) is 0 Å². The Labute approximate surface area is 207 Å². The zero-order chi connectivity index (χ0) is 24.8. The second-order valence-electron chi connectivity index (χ2n) is 8.90. The van der Waals surface area contributed by atoms with Crippen molar-refractivity contribution in [1.29, 1.82) is 0 Å². The number of carbonyl (C=O) groups is 1. The second-order valence-corrected chi connectivity index (χ2v) is 8.90. The summed E-state index contributed by atoms with van der Waals surface area (Å²) >= 11 is 0. The molecule has 0 unspecified atom stereocenters. The van der Waals surface area contributed by atoms with Gasteiger partial charge in [-0.3, -0.25) is 4.79 Å². The number of hydrogen-bond donors (Lipinski definition) is 0. The van der Waals surface area contributed by atoms with E-state index in [4.69, 9.17) is 18.9 Å². The van der Waals surface area contributed by atoms with Crippen molar-refractivity contribution >= 4 is 5.91 Å². The molecule has 0 radical (unpaired) electrons. The van der Waals surface area contributed by atoms with Crippen LogP contribution in [0.2, 0.25) is 0 Å². The monoisotopic (exact) mass is 475 g/mol. The number of fused-ring (bicyclic) bond motifs is 1. The van der Waals surface area contributed by atoms with Crippen molar-refractivity contribution in [2.75, 3.05) is 34.0 Å². The number of nitrogens with zero attached hydrogens (tertiary/aromatic N) is 1. The summed E-state index contributed by atoms with van der Waals surface area (Å²) in [6.07, 6.45) is 0.715. The Kier molecular flexibility index (Phi) is 7.80. The molecule has 0 bridgehead atoms. The normalized spacial score (nSPS) is 14.9. The summed E-state index contributed by atoms with van der Waals surface area (Å²) in [5, 5.41) is 0. The van der Waals surface area contributed by atoms with Gasteiger partial charge in [-0.05, 0) is 65.4 Å². The highest BCUT2D eigenvalue weighted by Gasteiger charge is 2.33. The molecule has 0 fully saturated rings. The molecule has 3 aromatic rings. The molecule has 6 nitrogen and oxygen atoms in total. The van der Waals surface area contributed by atoms with Crippen LogP contribution in [0.25, 0.3) is 0 Å². The molecule has 0 N–H and O–H groups in total. The Morgan fingerprint density at radius 1 is 0.914 bits per heavy atom. The molecule has 3 aromatic carbocycles. The van der Waals surface area contributed by atoms with Gasteiger partial charge in [0.1, 0.15) is 18.1 Å². The number of hydrogen-bond acceptors (Lipinski definition) is 5. The fourth-order valence-electron chi connectivity index (χ4n) is 4.38. The number of carbonyl (C=O) groups excluding carboxylic acids is 1. The molecule has 0 spiro atoms. The third kappa shape index (κ3) is 5.70. The van der Waals surface area contributed by atoms with E-state index in [-0.39, 0.29) is 18.6 Å². The topological polar surface area (TPSA) is 57.2 Å². The zero-order valence-electron chi connectivity index (χ0n) is 20.8. The maximum Gasteiger partial charge on any atom is 0.261 e. The number of ether oxygens (including phenoxy) is 4. The van der Waals surface area contributed by atoms with E-state index in [2.05, 4.69) is 26.0 Å². The first kappa shape index (κ1) is 24.5. The van der Waals surface area contributed by atoms with Crippen LogP contribution >= 0.6 is 0 Å². The highest BCUT2D eigenvalue weighted by atomic mass is 16.5. The molecule has 0 saturated carbocycles. The van der Waals surface area contributed by atoms with Crippen LogP contribution in [-0.2, 0) is 11.2 Å². The molecule has 184 valence electrons. The Bertz CT molecular complexity index is 1130. The summed E-state index contributed by atoms with van der Waals surface area (Å²) in [5.41, 5.74) is 3.38. The van der Waals surface area contributed by atoms with Gasteiger partial charge in [0.2, 0.25) is 0 Å². The van der Waals surface area contributed by atoms with Crippen LogP contribution in [0, 0.1) is 0 Å². The van der Waals surface area contributed by atoms with Crippen molar-refractivity contribution in [3.05, 3.63) is 83.4 Å². The van der Waals surface area contributed by atoms with Gasteiger partial charge in [-0.15, -0.1) is 0 Å². The van der Waals surface area contributed by atoms with Gasteiger partial charge in [0.05, 0.1) is 20.3 Å². The number of para-hydroxylation sites is 1. The zero-order valence-corrected chi connectivity index (χ0v) is 20.8. The van der Waals surface area contributed by atoms with Gasteiger partial charge in [-0.1, -0.05) is 44.2 Å². The van der Waals surface area contributed by atoms with E-state index < -0.39 is 0 Å². The van der Waals surface area contributed by atoms with Crippen molar-refractivity contribution in [3.8, 4) is 23.0 Å². The predicted molar refractivity (Wildman–Crippen MR) is 136 cm³/mol. The predicted octanol–water partition coefficient (Wildman–Crippen LogP) is 5.41. The molecule has 1 amide bonds. The number of amides is 1. The summed E-state index contributed by atoms with van der Waals surface area (Å²) < 4.78 is 23.0. The van der Waals surface area contributed by atoms with Crippen LogP contribution in [0.5, 0.6) is 23.0 Å². The lowest BCUT2D eigenvalue weighted by atomic mass is 9.92. The molecule has 1 atom stereocenters. The van der Waals surface area contributed by atoms with Gasteiger partial charge in [0.25, 0.3) is 5.91 Å². The molecule has 35 heavy (non-hydrogen) atoms. The van der Waals surface area contributed by atoms with Crippen LogP contribution in [0.4, 0.5) is 0 Å². The van der Waals surface area contributed by atoms with Crippen LogP contribution in [0.3, 0.4) is 0 Å². The second kappa shape index (κ2) is 11.2. The molecule has 0 saturated heterocycles. The minimum Gasteiger partial charge on any atom is -0.493 e. The molecular formula is C29H33NO5. The number of rotatable bonds is 9. The molecule has 6 heteroatoms. The first-order valence-electron chi connectivity index (χ1n) is 11.9. The minimum absolute atomic E-state index is 0.0355. The van der Waals surface area contributed by atoms with Crippen molar-refractivity contribution in [1.82, 2.24) is 4.90 Å².